The second-order valence-electron chi connectivity index (χ2n) is 3.56. The number of rotatable bonds is 6. The first kappa shape index (κ1) is 11.7. The molecule has 0 spiro atoms. The van der Waals surface area contributed by atoms with Gasteiger partial charge in [0.1, 0.15) is 0 Å². The molecule has 3 heteroatoms. The lowest BCUT2D eigenvalue weighted by Gasteiger charge is -2.12. The molecule has 0 amide bonds. The summed E-state index contributed by atoms with van der Waals surface area (Å²) in [5, 5.41) is 0.760. The molecule has 0 radical (unpaired) electrons. The van der Waals surface area contributed by atoms with Gasteiger partial charge >= 0.3 is 0 Å². The molecular weight excluding hydrogens is 200 g/mol. The summed E-state index contributed by atoms with van der Waals surface area (Å²) in [5.74, 6) is 2.33. The van der Waals surface area contributed by atoms with Gasteiger partial charge in [-0.15, -0.1) is 0 Å². The van der Waals surface area contributed by atoms with Crippen LogP contribution in [-0.2, 0) is 4.74 Å². The van der Waals surface area contributed by atoms with Gasteiger partial charge in [0.15, 0.2) is 0 Å². The molecule has 0 aromatic heterocycles. The van der Waals surface area contributed by atoms with Crippen LogP contribution in [0.4, 0.5) is 0 Å². The Morgan fingerprint density at radius 2 is 2.23 bits per heavy atom. The molecule has 2 unspecified atom stereocenters. The van der Waals surface area contributed by atoms with E-state index in [2.05, 4.69) is 31.3 Å². The molecule has 1 aliphatic rings. The van der Waals surface area contributed by atoms with Crippen molar-refractivity contribution in [3.8, 4) is 0 Å². The topological polar surface area (TPSA) is 9.23 Å². The first-order valence-corrected chi connectivity index (χ1v) is 6.87. The van der Waals surface area contributed by atoms with Crippen LogP contribution in [0.25, 0.3) is 0 Å². The Morgan fingerprint density at radius 3 is 2.85 bits per heavy atom. The molecule has 0 aromatic carbocycles. The fourth-order valence-electron chi connectivity index (χ4n) is 1.56. The number of thioether (sulfide) groups is 1. The monoisotopic (exact) mass is 220 g/mol. The third-order valence-corrected chi connectivity index (χ3v) is 4.33. The Balaban J connectivity index is 1.93. The summed E-state index contributed by atoms with van der Waals surface area (Å²) in [6, 6.07) is 0. The van der Waals surface area contributed by atoms with Crippen molar-refractivity contribution in [3.05, 3.63) is 0 Å². The minimum absolute atomic E-state index is 0.481. The Hall–Kier alpha value is 0.660. The lowest BCUT2D eigenvalue weighted by molar-refractivity contribution is 0.127. The van der Waals surface area contributed by atoms with E-state index in [9.17, 15) is 0 Å². The Bertz CT molecular complexity index is 130. The van der Waals surface area contributed by atoms with Gasteiger partial charge in [-0.25, -0.2) is 0 Å². The van der Waals surface area contributed by atoms with Crippen LogP contribution in [0.3, 0.4) is 0 Å². The molecule has 1 rings (SSSR count). The van der Waals surface area contributed by atoms with Gasteiger partial charge in [0.05, 0.1) is 6.10 Å². The van der Waals surface area contributed by atoms with Gasteiger partial charge in [0.2, 0.25) is 0 Å². The van der Waals surface area contributed by atoms with Gasteiger partial charge in [0, 0.05) is 11.9 Å². The molecular formula is C10H20OS2. The standard InChI is InChI=1S/C10H20OS2/c1-9-10(5-6-11-9)13-8-4-2-3-7-12/h9-10,12H,2-8H2,1H3. The summed E-state index contributed by atoms with van der Waals surface area (Å²) in [6.07, 6.45) is 5.67. The average molecular weight is 220 g/mol. The fourth-order valence-corrected chi connectivity index (χ4v) is 3.07. The third kappa shape index (κ3) is 4.61. The van der Waals surface area contributed by atoms with Crippen LogP contribution in [0.1, 0.15) is 32.6 Å². The molecule has 0 aromatic rings. The highest BCUT2D eigenvalue weighted by atomic mass is 32.2. The van der Waals surface area contributed by atoms with E-state index < -0.39 is 0 Å². The van der Waals surface area contributed by atoms with E-state index in [1.807, 2.05) is 0 Å². The second-order valence-corrected chi connectivity index (χ2v) is 5.35. The summed E-state index contributed by atoms with van der Waals surface area (Å²) < 4.78 is 5.51. The molecule has 1 heterocycles. The van der Waals surface area contributed by atoms with E-state index in [0.717, 1.165) is 17.6 Å². The molecule has 13 heavy (non-hydrogen) atoms. The summed E-state index contributed by atoms with van der Waals surface area (Å²) in [7, 11) is 0. The molecule has 0 N–H and O–H groups in total. The number of hydrogen-bond acceptors (Lipinski definition) is 3. The van der Waals surface area contributed by atoms with Gasteiger partial charge in [-0.1, -0.05) is 6.42 Å². The summed E-state index contributed by atoms with van der Waals surface area (Å²) in [6.45, 7) is 3.16. The zero-order valence-corrected chi connectivity index (χ0v) is 10.1. The summed E-state index contributed by atoms with van der Waals surface area (Å²) in [5.41, 5.74) is 0. The van der Waals surface area contributed by atoms with Crippen molar-refractivity contribution >= 4 is 24.4 Å². The van der Waals surface area contributed by atoms with Crippen LogP contribution in [0.15, 0.2) is 0 Å². The van der Waals surface area contributed by atoms with Crippen LogP contribution in [0.5, 0.6) is 0 Å². The second kappa shape index (κ2) is 7.02. The smallest absolute Gasteiger partial charge is 0.0666 e. The molecule has 1 nitrogen and oxygen atoms in total. The van der Waals surface area contributed by atoms with Crippen molar-refractivity contribution in [3.63, 3.8) is 0 Å². The van der Waals surface area contributed by atoms with Crippen LogP contribution < -0.4 is 0 Å². The van der Waals surface area contributed by atoms with Crippen LogP contribution in [0.2, 0.25) is 0 Å². The number of hydrogen-bond donors (Lipinski definition) is 1. The molecule has 2 atom stereocenters. The van der Waals surface area contributed by atoms with Crippen molar-refractivity contribution in [2.75, 3.05) is 18.1 Å². The summed E-state index contributed by atoms with van der Waals surface area (Å²) >= 11 is 6.29. The molecule has 0 saturated carbocycles. The minimum Gasteiger partial charge on any atom is -0.377 e. The van der Waals surface area contributed by atoms with Crippen molar-refractivity contribution in [2.45, 2.75) is 44.0 Å². The highest BCUT2D eigenvalue weighted by Gasteiger charge is 2.23. The van der Waals surface area contributed by atoms with Gasteiger partial charge in [-0.3, -0.25) is 0 Å². The Labute approximate surface area is 91.4 Å². The normalized spacial score (nSPS) is 28.2. The Morgan fingerprint density at radius 1 is 1.38 bits per heavy atom. The van der Waals surface area contributed by atoms with E-state index in [1.165, 1.54) is 31.4 Å². The van der Waals surface area contributed by atoms with E-state index in [4.69, 9.17) is 4.74 Å². The average Bonchev–Trinajstić information content (AvgIpc) is 2.52. The molecule has 0 bridgehead atoms. The largest absolute Gasteiger partial charge is 0.377 e. The fraction of sp³-hybridized carbons (Fsp3) is 1.00. The van der Waals surface area contributed by atoms with E-state index >= 15 is 0 Å². The van der Waals surface area contributed by atoms with E-state index in [1.54, 1.807) is 0 Å². The van der Waals surface area contributed by atoms with Crippen LogP contribution >= 0.6 is 24.4 Å². The minimum atomic E-state index is 0.481. The van der Waals surface area contributed by atoms with E-state index in [-0.39, 0.29) is 0 Å². The maximum absolute atomic E-state index is 5.51. The molecule has 78 valence electrons. The third-order valence-electron chi connectivity index (χ3n) is 2.44. The quantitative estimate of drug-likeness (QED) is 0.544. The lowest BCUT2D eigenvalue weighted by atomic mass is 10.2. The van der Waals surface area contributed by atoms with Gasteiger partial charge < -0.3 is 4.74 Å². The predicted octanol–water partition coefficient (Wildman–Crippen LogP) is 3.00. The van der Waals surface area contributed by atoms with Gasteiger partial charge in [-0.05, 0) is 37.7 Å². The van der Waals surface area contributed by atoms with E-state index in [0.29, 0.717) is 6.10 Å². The first-order valence-electron chi connectivity index (χ1n) is 5.18. The number of ether oxygens (including phenoxy) is 1. The maximum Gasteiger partial charge on any atom is 0.0666 e. The maximum atomic E-state index is 5.51. The van der Waals surface area contributed by atoms with Crippen molar-refractivity contribution < 1.29 is 4.74 Å². The predicted molar refractivity (Wildman–Crippen MR) is 64.0 cm³/mol. The molecule has 1 saturated heterocycles. The Kier molecular flexibility index (Phi) is 6.33. The molecule has 0 aliphatic carbocycles. The lowest BCUT2D eigenvalue weighted by Crippen LogP contribution is -2.13. The summed E-state index contributed by atoms with van der Waals surface area (Å²) in [4.78, 5) is 0. The van der Waals surface area contributed by atoms with Crippen LogP contribution in [0, 0.1) is 0 Å². The van der Waals surface area contributed by atoms with Crippen LogP contribution in [-0.4, -0.2) is 29.5 Å². The highest BCUT2D eigenvalue weighted by molar-refractivity contribution is 7.99. The number of unbranched alkanes of at least 4 members (excludes halogenated alkanes) is 2. The van der Waals surface area contributed by atoms with Gasteiger partial charge in [-0.2, -0.15) is 24.4 Å². The molecule has 1 aliphatic heterocycles. The van der Waals surface area contributed by atoms with Gasteiger partial charge in [0.25, 0.3) is 0 Å². The zero-order chi connectivity index (χ0) is 9.52. The first-order chi connectivity index (χ1) is 6.34. The molecule has 1 fully saturated rings. The SMILES string of the molecule is CC1OCCC1SCCCCCS. The zero-order valence-electron chi connectivity index (χ0n) is 8.37. The van der Waals surface area contributed by atoms with Crippen molar-refractivity contribution in [1.82, 2.24) is 0 Å². The number of thiol groups is 1. The van der Waals surface area contributed by atoms with Crippen molar-refractivity contribution in [1.29, 1.82) is 0 Å². The highest BCUT2D eigenvalue weighted by Crippen LogP contribution is 2.26. The van der Waals surface area contributed by atoms with Crippen molar-refractivity contribution in [2.24, 2.45) is 0 Å².